The predicted molar refractivity (Wildman–Crippen MR) is 63.7 cm³/mol. The Hall–Kier alpha value is -0.120. The van der Waals surface area contributed by atoms with Crippen molar-refractivity contribution in [1.82, 2.24) is 5.32 Å². The monoisotopic (exact) mass is 214 g/mol. The third-order valence-corrected chi connectivity index (χ3v) is 3.52. The quantitative estimate of drug-likeness (QED) is 0.598. The highest BCUT2D eigenvalue weighted by molar-refractivity contribution is 4.83. The summed E-state index contributed by atoms with van der Waals surface area (Å²) in [5.41, 5.74) is 5.82. The molecular formula is C12H26N2O. The first kappa shape index (κ1) is 12.9. The van der Waals surface area contributed by atoms with Gasteiger partial charge in [0.25, 0.3) is 0 Å². The Kier molecular flexibility index (Phi) is 6.22. The molecule has 1 aliphatic carbocycles. The summed E-state index contributed by atoms with van der Waals surface area (Å²) >= 11 is 0. The minimum Gasteiger partial charge on any atom is -0.396 e. The molecule has 1 saturated carbocycles. The maximum Gasteiger partial charge on any atom is 0.0431 e. The average molecular weight is 214 g/mol. The zero-order valence-electron chi connectivity index (χ0n) is 9.91. The highest BCUT2D eigenvalue weighted by Crippen LogP contribution is 2.27. The second-order valence-electron chi connectivity index (χ2n) is 4.82. The fraction of sp³-hybridized carbons (Fsp3) is 1.00. The zero-order valence-corrected chi connectivity index (χ0v) is 9.91. The van der Waals surface area contributed by atoms with Crippen molar-refractivity contribution in [2.24, 2.45) is 11.7 Å². The lowest BCUT2D eigenvalue weighted by Crippen LogP contribution is -2.45. The Morgan fingerprint density at radius 1 is 1.40 bits per heavy atom. The van der Waals surface area contributed by atoms with Gasteiger partial charge in [0.05, 0.1) is 0 Å². The minimum atomic E-state index is 0.294. The third-order valence-electron chi connectivity index (χ3n) is 3.52. The van der Waals surface area contributed by atoms with Crippen LogP contribution in [0.25, 0.3) is 0 Å². The molecule has 0 aromatic rings. The lowest BCUT2D eigenvalue weighted by atomic mass is 9.97. The molecule has 3 nitrogen and oxygen atoms in total. The average Bonchev–Trinajstić information content (AvgIpc) is 2.76. The van der Waals surface area contributed by atoms with E-state index < -0.39 is 0 Å². The summed E-state index contributed by atoms with van der Waals surface area (Å²) in [6, 6.07) is 0.965. The minimum absolute atomic E-state index is 0.294. The largest absolute Gasteiger partial charge is 0.396 e. The fourth-order valence-corrected chi connectivity index (χ4v) is 2.60. The third kappa shape index (κ3) is 4.49. The standard InChI is InChI=1S/C12H26N2O/c1-10(5-4-8-15)14-12(9-13)11-6-2-3-7-11/h10-12,14-15H,2-9,13H2,1H3. The lowest BCUT2D eigenvalue weighted by molar-refractivity contribution is 0.265. The van der Waals surface area contributed by atoms with Crippen molar-refractivity contribution in [2.45, 2.75) is 57.5 Å². The van der Waals surface area contributed by atoms with Crippen LogP contribution < -0.4 is 11.1 Å². The molecule has 90 valence electrons. The number of hydrogen-bond donors (Lipinski definition) is 3. The Labute approximate surface area is 93.4 Å². The van der Waals surface area contributed by atoms with E-state index in [1.54, 1.807) is 0 Å². The normalized spacial score (nSPS) is 21.8. The molecule has 0 aromatic carbocycles. The van der Waals surface area contributed by atoms with Crippen LogP contribution in [0.1, 0.15) is 45.4 Å². The van der Waals surface area contributed by atoms with Crippen molar-refractivity contribution < 1.29 is 5.11 Å². The van der Waals surface area contributed by atoms with Gasteiger partial charge in [0.1, 0.15) is 0 Å². The van der Waals surface area contributed by atoms with Crippen LogP contribution in [-0.4, -0.2) is 30.3 Å². The summed E-state index contributed by atoms with van der Waals surface area (Å²) in [5, 5.41) is 12.4. The zero-order chi connectivity index (χ0) is 11.1. The van der Waals surface area contributed by atoms with Gasteiger partial charge < -0.3 is 16.2 Å². The van der Waals surface area contributed by atoms with Crippen molar-refractivity contribution >= 4 is 0 Å². The SMILES string of the molecule is CC(CCCO)NC(CN)C1CCCC1. The molecule has 1 fully saturated rings. The van der Waals surface area contributed by atoms with Crippen LogP contribution in [0.4, 0.5) is 0 Å². The Bertz CT molecular complexity index is 158. The van der Waals surface area contributed by atoms with Crippen molar-refractivity contribution in [3.63, 3.8) is 0 Å². The first-order valence-corrected chi connectivity index (χ1v) is 6.35. The van der Waals surface area contributed by atoms with Crippen molar-refractivity contribution in [2.75, 3.05) is 13.2 Å². The van der Waals surface area contributed by atoms with E-state index in [-0.39, 0.29) is 0 Å². The van der Waals surface area contributed by atoms with Gasteiger partial charge >= 0.3 is 0 Å². The number of nitrogens with one attached hydrogen (secondary N) is 1. The maximum atomic E-state index is 8.77. The first-order chi connectivity index (χ1) is 7.27. The van der Waals surface area contributed by atoms with E-state index in [2.05, 4.69) is 12.2 Å². The molecule has 2 atom stereocenters. The topological polar surface area (TPSA) is 58.3 Å². The Morgan fingerprint density at radius 3 is 2.60 bits per heavy atom. The summed E-state index contributed by atoms with van der Waals surface area (Å²) in [7, 11) is 0. The molecule has 15 heavy (non-hydrogen) atoms. The van der Waals surface area contributed by atoms with E-state index in [1.807, 2.05) is 0 Å². The summed E-state index contributed by atoms with van der Waals surface area (Å²) in [4.78, 5) is 0. The fourth-order valence-electron chi connectivity index (χ4n) is 2.60. The van der Waals surface area contributed by atoms with Gasteiger partial charge in [-0.3, -0.25) is 0 Å². The predicted octanol–water partition coefficient (Wildman–Crippen LogP) is 1.25. The molecule has 2 unspecified atom stereocenters. The second-order valence-corrected chi connectivity index (χ2v) is 4.82. The molecule has 0 spiro atoms. The van der Waals surface area contributed by atoms with Gasteiger partial charge in [-0.15, -0.1) is 0 Å². The van der Waals surface area contributed by atoms with Gasteiger partial charge in [-0.05, 0) is 38.5 Å². The number of hydrogen-bond acceptors (Lipinski definition) is 3. The lowest BCUT2D eigenvalue weighted by Gasteiger charge is -2.27. The van der Waals surface area contributed by atoms with Crippen LogP contribution in [-0.2, 0) is 0 Å². The number of nitrogens with two attached hydrogens (primary N) is 1. The summed E-state index contributed by atoms with van der Waals surface area (Å²) in [6.45, 7) is 3.23. The van der Waals surface area contributed by atoms with Gasteiger partial charge in [-0.2, -0.15) is 0 Å². The Balaban J connectivity index is 2.25. The molecule has 0 bridgehead atoms. The van der Waals surface area contributed by atoms with E-state index in [0.29, 0.717) is 18.7 Å². The molecule has 0 aromatic heterocycles. The van der Waals surface area contributed by atoms with Crippen molar-refractivity contribution in [1.29, 1.82) is 0 Å². The van der Waals surface area contributed by atoms with Gasteiger partial charge in [0.2, 0.25) is 0 Å². The molecular weight excluding hydrogens is 188 g/mol. The summed E-state index contributed by atoms with van der Waals surface area (Å²) in [5.74, 6) is 0.784. The van der Waals surface area contributed by atoms with Crippen LogP contribution >= 0.6 is 0 Å². The molecule has 3 heteroatoms. The highest BCUT2D eigenvalue weighted by atomic mass is 16.2. The summed E-state index contributed by atoms with van der Waals surface area (Å²) in [6.07, 6.45) is 7.33. The van der Waals surface area contributed by atoms with Crippen LogP contribution in [0, 0.1) is 5.92 Å². The van der Waals surface area contributed by atoms with Gasteiger partial charge in [0.15, 0.2) is 0 Å². The number of rotatable bonds is 7. The van der Waals surface area contributed by atoms with Crippen molar-refractivity contribution in [3.8, 4) is 0 Å². The van der Waals surface area contributed by atoms with E-state index >= 15 is 0 Å². The molecule has 4 N–H and O–H groups in total. The van der Waals surface area contributed by atoms with Crippen molar-refractivity contribution in [3.05, 3.63) is 0 Å². The molecule has 0 amide bonds. The van der Waals surface area contributed by atoms with Crippen LogP contribution in [0.15, 0.2) is 0 Å². The molecule has 0 radical (unpaired) electrons. The van der Waals surface area contributed by atoms with Gasteiger partial charge in [-0.1, -0.05) is 12.8 Å². The molecule has 0 saturated heterocycles. The number of aliphatic hydroxyl groups excluding tert-OH is 1. The van der Waals surface area contributed by atoms with E-state index in [1.165, 1.54) is 25.7 Å². The molecule has 0 heterocycles. The van der Waals surface area contributed by atoms with Gasteiger partial charge in [0, 0.05) is 25.2 Å². The van der Waals surface area contributed by atoms with E-state index in [0.717, 1.165) is 25.3 Å². The van der Waals surface area contributed by atoms with Crippen LogP contribution in [0.2, 0.25) is 0 Å². The smallest absolute Gasteiger partial charge is 0.0431 e. The second kappa shape index (κ2) is 7.20. The molecule has 1 rings (SSSR count). The summed E-state index contributed by atoms with van der Waals surface area (Å²) < 4.78 is 0. The van der Waals surface area contributed by atoms with Crippen LogP contribution in [0.3, 0.4) is 0 Å². The number of aliphatic hydroxyl groups is 1. The van der Waals surface area contributed by atoms with E-state index in [9.17, 15) is 0 Å². The van der Waals surface area contributed by atoms with Gasteiger partial charge in [-0.25, -0.2) is 0 Å². The molecule has 0 aliphatic heterocycles. The first-order valence-electron chi connectivity index (χ1n) is 6.35. The van der Waals surface area contributed by atoms with E-state index in [4.69, 9.17) is 10.8 Å². The van der Waals surface area contributed by atoms with Crippen LogP contribution in [0.5, 0.6) is 0 Å². The Morgan fingerprint density at radius 2 is 2.07 bits per heavy atom. The highest BCUT2D eigenvalue weighted by Gasteiger charge is 2.24. The maximum absolute atomic E-state index is 8.77. The molecule has 1 aliphatic rings.